The molecule has 3 N–H and O–H groups in total. The number of rotatable bonds is 8. The molecule has 8 heteroatoms. The molecule has 0 saturated heterocycles. The summed E-state index contributed by atoms with van der Waals surface area (Å²) in [6.07, 6.45) is -1.53. The SMILES string of the molecule is CCNc1ccc2cc(C(O)NS(=O)(=O)c3ccccc3OCC)oc2c1. The number of para-hydroxylation sites is 1. The van der Waals surface area contributed by atoms with Crippen LogP contribution in [-0.4, -0.2) is 26.7 Å². The van der Waals surface area contributed by atoms with E-state index in [0.29, 0.717) is 12.2 Å². The van der Waals surface area contributed by atoms with Crippen molar-refractivity contribution in [2.24, 2.45) is 0 Å². The van der Waals surface area contributed by atoms with Gasteiger partial charge in [-0.1, -0.05) is 12.1 Å². The fraction of sp³-hybridized carbons (Fsp3) is 0.263. The minimum Gasteiger partial charge on any atom is -0.492 e. The summed E-state index contributed by atoms with van der Waals surface area (Å²) in [7, 11) is -4.01. The molecule has 7 nitrogen and oxygen atoms in total. The van der Waals surface area contributed by atoms with Crippen molar-refractivity contribution in [2.45, 2.75) is 25.0 Å². The molecule has 144 valence electrons. The van der Waals surface area contributed by atoms with E-state index in [9.17, 15) is 13.5 Å². The molecule has 0 aliphatic heterocycles. The maximum absolute atomic E-state index is 12.7. The van der Waals surface area contributed by atoms with E-state index in [1.807, 2.05) is 19.1 Å². The number of hydrogen-bond acceptors (Lipinski definition) is 6. The monoisotopic (exact) mass is 390 g/mol. The number of ether oxygens (including phenoxy) is 1. The molecule has 0 saturated carbocycles. The van der Waals surface area contributed by atoms with Gasteiger partial charge in [0.15, 0.2) is 6.23 Å². The molecule has 0 aliphatic rings. The van der Waals surface area contributed by atoms with E-state index in [1.54, 1.807) is 37.3 Å². The first-order valence-electron chi connectivity index (χ1n) is 8.64. The minimum atomic E-state index is -4.01. The lowest BCUT2D eigenvalue weighted by molar-refractivity contribution is 0.141. The highest BCUT2D eigenvalue weighted by molar-refractivity contribution is 7.89. The van der Waals surface area contributed by atoms with Crippen molar-refractivity contribution in [1.29, 1.82) is 0 Å². The molecule has 0 aliphatic carbocycles. The van der Waals surface area contributed by atoms with Crippen LogP contribution in [-0.2, 0) is 10.0 Å². The number of furan rings is 1. The van der Waals surface area contributed by atoms with Crippen LogP contribution >= 0.6 is 0 Å². The fourth-order valence-corrected chi connectivity index (χ4v) is 3.90. The highest BCUT2D eigenvalue weighted by atomic mass is 32.2. The second kappa shape index (κ2) is 7.99. The van der Waals surface area contributed by atoms with Crippen LogP contribution in [0.1, 0.15) is 25.8 Å². The molecule has 0 spiro atoms. The molecule has 3 rings (SSSR count). The lowest BCUT2D eigenvalue weighted by atomic mass is 10.2. The number of fused-ring (bicyclic) bond motifs is 1. The lowest BCUT2D eigenvalue weighted by Crippen LogP contribution is -2.28. The van der Waals surface area contributed by atoms with E-state index >= 15 is 0 Å². The quantitative estimate of drug-likeness (QED) is 0.511. The van der Waals surface area contributed by atoms with Gasteiger partial charge in [0.05, 0.1) is 6.61 Å². The van der Waals surface area contributed by atoms with Crippen molar-refractivity contribution in [3.05, 3.63) is 54.3 Å². The molecular weight excluding hydrogens is 368 g/mol. The summed E-state index contributed by atoms with van der Waals surface area (Å²) < 4.78 is 38.5. The van der Waals surface area contributed by atoms with E-state index in [0.717, 1.165) is 17.6 Å². The van der Waals surface area contributed by atoms with Crippen LogP contribution in [0.5, 0.6) is 5.75 Å². The van der Waals surface area contributed by atoms with Crippen LogP contribution in [0.2, 0.25) is 0 Å². The minimum absolute atomic E-state index is 0.0450. The van der Waals surface area contributed by atoms with Crippen molar-refractivity contribution in [1.82, 2.24) is 4.72 Å². The second-order valence-electron chi connectivity index (χ2n) is 5.84. The van der Waals surface area contributed by atoms with Gasteiger partial charge in [-0.05, 0) is 44.2 Å². The van der Waals surface area contributed by atoms with Crippen molar-refractivity contribution in [2.75, 3.05) is 18.5 Å². The molecule has 1 unspecified atom stereocenters. The smallest absolute Gasteiger partial charge is 0.246 e. The average molecular weight is 390 g/mol. The molecule has 2 aromatic carbocycles. The van der Waals surface area contributed by atoms with Gasteiger partial charge in [0.1, 0.15) is 22.0 Å². The zero-order chi connectivity index (χ0) is 19.4. The molecular formula is C19H22N2O5S. The molecule has 1 atom stereocenters. The maximum Gasteiger partial charge on any atom is 0.246 e. The number of nitrogens with one attached hydrogen (secondary N) is 2. The van der Waals surface area contributed by atoms with Gasteiger partial charge >= 0.3 is 0 Å². The summed E-state index contributed by atoms with van der Waals surface area (Å²) in [5.41, 5.74) is 1.43. The third-order valence-corrected chi connectivity index (χ3v) is 5.34. The number of benzene rings is 2. The molecule has 0 amide bonds. The Kier molecular flexibility index (Phi) is 5.69. The van der Waals surface area contributed by atoms with Gasteiger partial charge in [-0.2, -0.15) is 4.72 Å². The molecule has 1 aromatic heterocycles. The first-order chi connectivity index (χ1) is 12.9. The van der Waals surface area contributed by atoms with Crippen LogP contribution in [0.15, 0.2) is 57.8 Å². The van der Waals surface area contributed by atoms with Gasteiger partial charge < -0.3 is 19.6 Å². The summed E-state index contributed by atoms with van der Waals surface area (Å²) in [5.74, 6) is 0.329. The Bertz CT molecular complexity index is 1030. The van der Waals surface area contributed by atoms with Gasteiger partial charge in [0.2, 0.25) is 10.0 Å². The number of aliphatic hydroxyl groups excluding tert-OH is 1. The summed E-state index contributed by atoms with van der Waals surface area (Å²) in [6, 6.07) is 13.4. The van der Waals surface area contributed by atoms with Crippen molar-refractivity contribution < 1.29 is 22.7 Å². The van der Waals surface area contributed by atoms with Crippen LogP contribution in [0.3, 0.4) is 0 Å². The van der Waals surface area contributed by atoms with Crippen molar-refractivity contribution in [3.8, 4) is 5.75 Å². The Balaban J connectivity index is 1.86. The summed E-state index contributed by atoms with van der Waals surface area (Å²) in [6.45, 7) is 4.84. The van der Waals surface area contributed by atoms with Crippen LogP contribution in [0.25, 0.3) is 11.0 Å². The van der Waals surface area contributed by atoms with Gasteiger partial charge in [-0.25, -0.2) is 8.42 Å². The molecule has 1 heterocycles. The summed E-state index contributed by atoms with van der Waals surface area (Å²) in [5, 5.41) is 14.3. The Hall–Kier alpha value is -2.55. The topological polar surface area (TPSA) is 101 Å². The van der Waals surface area contributed by atoms with E-state index in [1.165, 1.54) is 6.07 Å². The molecule has 0 bridgehead atoms. The largest absolute Gasteiger partial charge is 0.492 e. The van der Waals surface area contributed by atoms with E-state index < -0.39 is 16.3 Å². The molecule has 3 aromatic rings. The second-order valence-corrected chi connectivity index (χ2v) is 7.52. The number of aliphatic hydroxyl groups is 1. The number of sulfonamides is 1. The van der Waals surface area contributed by atoms with Gasteiger partial charge in [-0.3, -0.25) is 0 Å². The first-order valence-corrected chi connectivity index (χ1v) is 10.1. The Labute approximate surface area is 158 Å². The molecule has 0 fully saturated rings. The normalized spacial score (nSPS) is 12.9. The maximum atomic E-state index is 12.7. The highest BCUT2D eigenvalue weighted by Crippen LogP contribution is 2.28. The lowest BCUT2D eigenvalue weighted by Gasteiger charge is -2.14. The fourth-order valence-electron chi connectivity index (χ4n) is 2.72. The zero-order valence-corrected chi connectivity index (χ0v) is 15.9. The Morgan fingerprint density at radius 2 is 1.93 bits per heavy atom. The van der Waals surface area contributed by atoms with Gasteiger partial charge in [0.25, 0.3) is 0 Å². The van der Waals surface area contributed by atoms with Gasteiger partial charge in [0, 0.05) is 23.7 Å². The predicted octanol–water partition coefficient (Wildman–Crippen LogP) is 3.23. The molecule has 0 radical (unpaired) electrons. The third kappa shape index (κ3) is 4.24. The van der Waals surface area contributed by atoms with Crippen LogP contribution in [0.4, 0.5) is 5.69 Å². The number of hydrogen-bond donors (Lipinski definition) is 3. The highest BCUT2D eigenvalue weighted by Gasteiger charge is 2.25. The summed E-state index contributed by atoms with van der Waals surface area (Å²) >= 11 is 0. The molecule has 27 heavy (non-hydrogen) atoms. The van der Waals surface area contributed by atoms with Crippen molar-refractivity contribution >= 4 is 26.7 Å². The summed E-state index contributed by atoms with van der Waals surface area (Å²) in [4.78, 5) is -0.0450. The van der Waals surface area contributed by atoms with E-state index in [2.05, 4.69) is 10.0 Å². The Morgan fingerprint density at radius 3 is 2.67 bits per heavy atom. The zero-order valence-electron chi connectivity index (χ0n) is 15.1. The average Bonchev–Trinajstić information content (AvgIpc) is 3.06. The predicted molar refractivity (Wildman–Crippen MR) is 103 cm³/mol. The number of anilines is 1. The Morgan fingerprint density at radius 1 is 1.15 bits per heavy atom. The standard InChI is InChI=1S/C19H22N2O5S/c1-3-20-14-10-9-13-11-17(26-16(13)12-14)19(22)21-27(23,24)18-8-6-5-7-15(18)25-4-2/h5-12,19-22H,3-4H2,1-2H3. The van der Waals surface area contributed by atoms with Crippen molar-refractivity contribution in [3.63, 3.8) is 0 Å². The third-order valence-electron chi connectivity index (χ3n) is 3.89. The van der Waals surface area contributed by atoms with Crippen LogP contribution < -0.4 is 14.8 Å². The van der Waals surface area contributed by atoms with Gasteiger partial charge in [-0.15, -0.1) is 0 Å². The van der Waals surface area contributed by atoms with E-state index in [4.69, 9.17) is 9.15 Å². The van der Waals surface area contributed by atoms with E-state index in [-0.39, 0.29) is 16.4 Å². The first kappa shape index (κ1) is 19.2. The van der Waals surface area contributed by atoms with Crippen LogP contribution in [0, 0.1) is 0 Å².